The zero-order valence-electron chi connectivity index (χ0n) is 13.8. The van der Waals surface area contributed by atoms with Crippen molar-refractivity contribution >= 4 is 28.9 Å². The first-order valence-corrected chi connectivity index (χ1v) is 7.98. The van der Waals surface area contributed by atoms with E-state index >= 15 is 0 Å². The van der Waals surface area contributed by atoms with Crippen LogP contribution in [0.1, 0.15) is 5.56 Å². The zero-order chi connectivity index (χ0) is 17.6. The van der Waals surface area contributed by atoms with Gasteiger partial charge in [-0.05, 0) is 42.8 Å². The molecular formula is C21H18N2O2. The van der Waals surface area contributed by atoms with E-state index in [4.69, 9.17) is 0 Å². The summed E-state index contributed by atoms with van der Waals surface area (Å²) in [7, 11) is 0. The predicted molar refractivity (Wildman–Crippen MR) is 99.8 cm³/mol. The maximum absolute atomic E-state index is 12.9. The van der Waals surface area contributed by atoms with Crippen molar-refractivity contribution in [2.24, 2.45) is 0 Å². The van der Waals surface area contributed by atoms with Gasteiger partial charge in [0.05, 0.1) is 0 Å². The summed E-state index contributed by atoms with van der Waals surface area (Å²) in [6.45, 7) is 1.88. The molecule has 3 aromatic carbocycles. The standard InChI is InChI=1S/C21H18N2O2/c1-16-10-8-9-15-19(16)22-20(24)21(25)23(17-11-4-2-5-12-17)18-13-6-3-7-14-18/h2-15H,1H3,(H,22,24). The maximum Gasteiger partial charge on any atom is 0.321 e. The van der Waals surface area contributed by atoms with Gasteiger partial charge in [0, 0.05) is 17.1 Å². The Morgan fingerprint density at radius 2 is 1.20 bits per heavy atom. The molecule has 25 heavy (non-hydrogen) atoms. The lowest BCUT2D eigenvalue weighted by molar-refractivity contribution is -0.134. The van der Waals surface area contributed by atoms with E-state index in [2.05, 4.69) is 5.32 Å². The molecule has 0 aliphatic heterocycles. The number of hydrogen-bond donors (Lipinski definition) is 1. The molecule has 1 N–H and O–H groups in total. The molecule has 2 amide bonds. The summed E-state index contributed by atoms with van der Waals surface area (Å²) < 4.78 is 0. The van der Waals surface area contributed by atoms with Gasteiger partial charge in [-0.1, -0.05) is 54.6 Å². The van der Waals surface area contributed by atoms with Gasteiger partial charge in [0.1, 0.15) is 0 Å². The van der Waals surface area contributed by atoms with Crippen molar-refractivity contribution in [2.75, 3.05) is 10.2 Å². The highest BCUT2D eigenvalue weighted by Gasteiger charge is 2.25. The monoisotopic (exact) mass is 330 g/mol. The fourth-order valence-corrected chi connectivity index (χ4v) is 2.53. The second-order valence-corrected chi connectivity index (χ2v) is 5.58. The van der Waals surface area contributed by atoms with E-state index in [1.165, 1.54) is 4.90 Å². The molecule has 124 valence electrons. The molecule has 4 nitrogen and oxygen atoms in total. The van der Waals surface area contributed by atoms with Gasteiger partial charge in [-0.3, -0.25) is 14.5 Å². The number of carbonyl (C=O) groups is 2. The maximum atomic E-state index is 12.9. The third-order valence-corrected chi connectivity index (χ3v) is 3.82. The van der Waals surface area contributed by atoms with Crippen molar-refractivity contribution in [2.45, 2.75) is 6.92 Å². The number of para-hydroxylation sites is 3. The van der Waals surface area contributed by atoms with Crippen LogP contribution in [0.3, 0.4) is 0 Å². The van der Waals surface area contributed by atoms with Gasteiger partial charge in [-0.25, -0.2) is 0 Å². The summed E-state index contributed by atoms with van der Waals surface area (Å²) in [5.74, 6) is -1.32. The number of carbonyl (C=O) groups excluding carboxylic acids is 2. The molecule has 3 aromatic rings. The largest absolute Gasteiger partial charge is 0.321 e. The van der Waals surface area contributed by atoms with Crippen LogP contribution in [0.15, 0.2) is 84.9 Å². The molecule has 0 radical (unpaired) electrons. The Kier molecular flexibility index (Phi) is 4.90. The summed E-state index contributed by atoms with van der Waals surface area (Å²) in [6, 6.07) is 25.6. The van der Waals surface area contributed by atoms with Crippen molar-refractivity contribution in [1.29, 1.82) is 0 Å². The number of aryl methyl sites for hydroxylation is 1. The van der Waals surface area contributed by atoms with E-state index in [1.807, 2.05) is 61.5 Å². The van der Waals surface area contributed by atoms with Gasteiger partial charge < -0.3 is 5.32 Å². The van der Waals surface area contributed by atoms with Crippen molar-refractivity contribution in [3.8, 4) is 0 Å². The molecule has 0 saturated carbocycles. The van der Waals surface area contributed by atoms with E-state index in [1.54, 1.807) is 30.3 Å². The quantitative estimate of drug-likeness (QED) is 0.728. The summed E-state index contributed by atoms with van der Waals surface area (Å²) >= 11 is 0. The highest BCUT2D eigenvalue weighted by Crippen LogP contribution is 2.25. The van der Waals surface area contributed by atoms with Crippen LogP contribution in [0.4, 0.5) is 17.1 Å². The molecule has 0 atom stereocenters. The van der Waals surface area contributed by atoms with Crippen LogP contribution in [0.2, 0.25) is 0 Å². The fourth-order valence-electron chi connectivity index (χ4n) is 2.53. The van der Waals surface area contributed by atoms with Crippen LogP contribution >= 0.6 is 0 Å². The van der Waals surface area contributed by atoms with E-state index in [0.717, 1.165) is 5.56 Å². The minimum Gasteiger partial charge on any atom is -0.318 e. The molecular weight excluding hydrogens is 312 g/mol. The lowest BCUT2D eigenvalue weighted by Gasteiger charge is -2.22. The van der Waals surface area contributed by atoms with Crippen LogP contribution in [0.5, 0.6) is 0 Å². The van der Waals surface area contributed by atoms with Gasteiger partial charge in [-0.15, -0.1) is 0 Å². The Morgan fingerprint density at radius 1 is 0.720 bits per heavy atom. The second-order valence-electron chi connectivity index (χ2n) is 5.58. The molecule has 0 fully saturated rings. The van der Waals surface area contributed by atoms with Gasteiger partial charge in [-0.2, -0.15) is 0 Å². The Labute approximate surface area is 146 Å². The lowest BCUT2D eigenvalue weighted by Crippen LogP contribution is -2.36. The summed E-state index contributed by atoms with van der Waals surface area (Å²) in [6.07, 6.45) is 0. The van der Waals surface area contributed by atoms with Crippen LogP contribution in [0, 0.1) is 6.92 Å². The molecule has 3 rings (SSSR count). The van der Waals surface area contributed by atoms with Crippen LogP contribution in [-0.4, -0.2) is 11.8 Å². The van der Waals surface area contributed by atoms with Gasteiger partial charge in [0.15, 0.2) is 0 Å². The van der Waals surface area contributed by atoms with E-state index in [9.17, 15) is 9.59 Å². The van der Waals surface area contributed by atoms with Crippen molar-refractivity contribution < 1.29 is 9.59 Å². The highest BCUT2D eigenvalue weighted by molar-refractivity contribution is 6.45. The van der Waals surface area contributed by atoms with Gasteiger partial charge in [0.25, 0.3) is 0 Å². The van der Waals surface area contributed by atoms with Gasteiger partial charge in [0.2, 0.25) is 0 Å². The Balaban J connectivity index is 1.92. The summed E-state index contributed by atoms with van der Waals surface area (Å²) in [5.41, 5.74) is 2.80. The number of rotatable bonds is 3. The Hall–Kier alpha value is -3.40. The van der Waals surface area contributed by atoms with Crippen molar-refractivity contribution in [1.82, 2.24) is 0 Å². The van der Waals surface area contributed by atoms with E-state index in [0.29, 0.717) is 17.1 Å². The number of benzene rings is 3. The Bertz CT molecular complexity index is 837. The first-order chi connectivity index (χ1) is 12.2. The predicted octanol–water partition coefficient (Wildman–Crippen LogP) is 4.30. The fraction of sp³-hybridized carbons (Fsp3) is 0.0476. The molecule has 0 unspecified atom stereocenters. The molecule has 0 aliphatic rings. The number of nitrogens with one attached hydrogen (secondary N) is 1. The average molecular weight is 330 g/mol. The number of hydrogen-bond acceptors (Lipinski definition) is 2. The molecule has 0 aliphatic carbocycles. The molecule has 0 bridgehead atoms. The average Bonchev–Trinajstić information content (AvgIpc) is 2.65. The third-order valence-electron chi connectivity index (χ3n) is 3.82. The minimum absolute atomic E-state index is 0.627. The normalized spacial score (nSPS) is 10.1. The van der Waals surface area contributed by atoms with E-state index < -0.39 is 11.8 Å². The number of anilines is 3. The lowest BCUT2D eigenvalue weighted by atomic mass is 10.2. The number of amides is 2. The first-order valence-electron chi connectivity index (χ1n) is 7.98. The van der Waals surface area contributed by atoms with Gasteiger partial charge >= 0.3 is 11.8 Å². The Morgan fingerprint density at radius 3 is 1.72 bits per heavy atom. The number of nitrogens with zero attached hydrogens (tertiary/aromatic N) is 1. The molecule has 4 heteroatoms. The molecule has 0 aromatic heterocycles. The van der Waals surface area contributed by atoms with Crippen LogP contribution in [-0.2, 0) is 9.59 Å². The van der Waals surface area contributed by atoms with Crippen LogP contribution in [0.25, 0.3) is 0 Å². The molecule has 0 saturated heterocycles. The first kappa shape index (κ1) is 16.5. The smallest absolute Gasteiger partial charge is 0.318 e. The van der Waals surface area contributed by atoms with Crippen molar-refractivity contribution in [3.63, 3.8) is 0 Å². The summed E-state index contributed by atoms with van der Waals surface area (Å²) in [4.78, 5) is 26.8. The second kappa shape index (κ2) is 7.45. The molecule has 0 spiro atoms. The van der Waals surface area contributed by atoms with Crippen LogP contribution < -0.4 is 10.2 Å². The zero-order valence-corrected chi connectivity index (χ0v) is 13.8. The third kappa shape index (κ3) is 3.75. The SMILES string of the molecule is Cc1ccccc1NC(=O)C(=O)N(c1ccccc1)c1ccccc1. The van der Waals surface area contributed by atoms with Crippen molar-refractivity contribution in [3.05, 3.63) is 90.5 Å². The molecule has 0 heterocycles. The van der Waals surface area contributed by atoms with E-state index in [-0.39, 0.29) is 0 Å². The topological polar surface area (TPSA) is 49.4 Å². The summed E-state index contributed by atoms with van der Waals surface area (Å²) in [5, 5.41) is 2.70. The highest BCUT2D eigenvalue weighted by atomic mass is 16.2. The minimum atomic E-state index is -0.679.